The number of carbonyl (C=O) groups is 1. The zero-order chi connectivity index (χ0) is 52.2. The normalized spacial score (nSPS) is 19.6. The highest BCUT2D eigenvalue weighted by Crippen LogP contribution is 2.23. The van der Waals surface area contributed by atoms with Crippen molar-refractivity contribution in [2.45, 2.75) is 320 Å². The quantitative estimate of drug-likeness (QED) is 0.0261. The van der Waals surface area contributed by atoms with Crippen molar-refractivity contribution in [1.29, 1.82) is 0 Å². The lowest BCUT2D eigenvalue weighted by Gasteiger charge is -2.40. The minimum atomic E-state index is -1.58. The molecule has 0 aromatic heterocycles. The van der Waals surface area contributed by atoms with Gasteiger partial charge in [-0.1, -0.05) is 254 Å². The summed E-state index contributed by atoms with van der Waals surface area (Å²) in [6.07, 6.45) is 64.4. The molecule has 1 saturated heterocycles. The molecule has 72 heavy (non-hydrogen) atoms. The van der Waals surface area contributed by atoms with Crippen molar-refractivity contribution >= 4 is 5.91 Å². The van der Waals surface area contributed by atoms with Gasteiger partial charge in [-0.05, 0) is 77.0 Å². The van der Waals surface area contributed by atoms with E-state index < -0.39 is 49.5 Å². The highest BCUT2D eigenvalue weighted by atomic mass is 16.7. The number of carbonyl (C=O) groups excluding carboxylic acids is 1. The van der Waals surface area contributed by atoms with Crippen LogP contribution in [0, 0.1) is 0 Å². The molecule has 0 aromatic carbocycles. The number of aliphatic hydroxyl groups is 5. The number of amides is 1. The molecule has 1 aliphatic rings. The predicted molar refractivity (Wildman–Crippen MR) is 304 cm³/mol. The Balaban J connectivity index is 2.24. The lowest BCUT2D eigenvalue weighted by molar-refractivity contribution is -0.302. The first-order valence-electron chi connectivity index (χ1n) is 30.5. The number of hydrogen-bond acceptors (Lipinski definition) is 8. The highest BCUT2D eigenvalue weighted by molar-refractivity contribution is 5.76. The van der Waals surface area contributed by atoms with E-state index in [1.807, 2.05) is 6.08 Å². The summed E-state index contributed by atoms with van der Waals surface area (Å²) >= 11 is 0. The molecule has 1 aliphatic heterocycles. The molecular formula is C63H115NO8. The molecule has 7 atom stereocenters. The van der Waals surface area contributed by atoms with Gasteiger partial charge in [0.25, 0.3) is 0 Å². The zero-order valence-corrected chi connectivity index (χ0v) is 46.7. The molecule has 0 aliphatic carbocycles. The number of ether oxygens (including phenoxy) is 2. The Morgan fingerprint density at radius 1 is 0.472 bits per heavy atom. The fourth-order valence-electron chi connectivity index (χ4n) is 9.46. The Hall–Kier alpha value is -2.11. The first-order valence-corrected chi connectivity index (χ1v) is 30.5. The molecule has 1 fully saturated rings. The number of nitrogens with one attached hydrogen (secondary N) is 1. The molecule has 1 rings (SSSR count). The van der Waals surface area contributed by atoms with Gasteiger partial charge in [-0.3, -0.25) is 4.79 Å². The van der Waals surface area contributed by atoms with Crippen molar-refractivity contribution in [2.24, 2.45) is 0 Å². The maximum atomic E-state index is 13.1. The second-order valence-corrected chi connectivity index (χ2v) is 21.1. The second-order valence-electron chi connectivity index (χ2n) is 21.1. The summed E-state index contributed by atoms with van der Waals surface area (Å²) in [5, 5.41) is 54.6. The number of hydrogen-bond donors (Lipinski definition) is 6. The van der Waals surface area contributed by atoms with Gasteiger partial charge in [0.2, 0.25) is 5.91 Å². The van der Waals surface area contributed by atoms with Gasteiger partial charge >= 0.3 is 0 Å². The molecule has 1 heterocycles. The molecule has 0 saturated carbocycles. The van der Waals surface area contributed by atoms with Gasteiger partial charge in [-0.15, -0.1) is 0 Å². The largest absolute Gasteiger partial charge is 0.394 e. The Morgan fingerprint density at radius 3 is 1.25 bits per heavy atom. The van der Waals surface area contributed by atoms with Crippen molar-refractivity contribution in [3.63, 3.8) is 0 Å². The Bertz CT molecular complexity index is 1310. The van der Waals surface area contributed by atoms with E-state index in [1.165, 1.54) is 205 Å². The average molecular weight is 1010 g/mol. The fourth-order valence-corrected chi connectivity index (χ4v) is 9.46. The van der Waals surface area contributed by atoms with E-state index in [9.17, 15) is 30.3 Å². The first-order chi connectivity index (χ1) is 35.3. The van der Waals surface area contributed by atoms with Crippen molar-refractivity contribution in [3.8, 4) is 0 Å². The van der Waals surface area contributed by atoms with Crippen LogP contribution in [0.2, 0.25) is 0 Å². The van der Waals surface area contributed by atoms with E-state index in [-0.39, 0.29) is 12.5 Å². The van der Waals surface area contributed by atoms with Gasteiger partial charge in [0.05, 0.1) is 25.4 Å². The minimum absolute atomic E-state index is 0.190. The molecule has 9 nitrogen and oxygen atoms in total. The van der Waals surface area contributed by atoms with Gasteiger partial charge in [-0.25, -0.2) is 0 Å². The van der Waals surface area contributed by atoms with Crippen LogP contribution < -0.4 is 5.32 Å². The number of aliphatic hydroxyl groups excluding tert-OH is 5. The molecule has 9 heteroatoms. The van der Waals surface area contributed by atoms with Gasteiger partial charge in [0.1, 0.15) is 24.4 Å². The van der Waals surface area contributed by atoms with E-state index in [1.54, 1.807) is 6.08 Å². The van der Waals surface area contributed by atoms with Gasteiger partial charge in [0, 0.05) is 6.42 Å². The molecule has 6 N–H and O–H groups in total. The molecule has 0 aromatic rings. The number of unbranched alkanes of at least 4 members (excludes halogenated alkanes) is 34. The van der Waals surface area contributed by atoms with Crippen LogP contribution in [0.3, 0.4) is 0 Å². The molecule has 420 valence electrons. The third-order valence-electron chi connectivity index (χ3n) is 14.3. The van der Waals surface area contributed by atoms with Crippen LogP contribution in [-0.4, -0.2) is 87.5 Å². The summed E-state index contributed by atoms with van der Waals surface area (Å²) in [6, 6.07) is -0.831. The molecule has 0 bridgehead atoms. The van der Waals surface area contributed by atoms with Crippen molar-refractivity contribution < 1.29 is 39.8 Å². The van der Waals surface area contributed by atoms with Crippen molar-refractivity contribution in [3.05, 3.63) is 60.8 Å². The average Bonchev–Trinajstić information content (AvgIpc) is 3.38. The summed E-state index contributed by atoms with van der Waals surface area (Å²) < 4.78 is 11.3. The third-order valence-corrected chi connectivity index (χ3v) is 14.3. The standard InChI is InChI=1S/C63H115NO8/c1-3-5-7-9-11-13-15-17-19-21-23-25-27-29-31-33-35-37-39-41-43-45-47-49-51-53-59(67)64-56(55-71-63-62(70)61(69)60(68)58(54-65)72-63)57(66)52-50-48-46-44-42-40-38-36-34-32-30-28-26-24-22-20-18-16-14-12-10-8-6-4-2/h15,17,21,23,34,36,42,44,50,52,56-58,60-63,65-66,68-70H,3-14,16,18-20,22,24-33,35,37-41,43,45-49,51,53-55H2,1-2H3,(H,64,67)/b17-15-,23-21-,36-34+,44-42+,52-50+. The van der Waals surface area contributed by atoms with E-state index in [0.29, 0.717) is 6.42 Å². The summed E-state index contributed by atoms with van der Waals surface area (Å²) in [5.74, 6) is -0.190. The highest BCUT2D eigenvalue weighted by Gasteiger charge is 2.44. The lowest BCUT2D eigenvalue weighted by Crippen LogP contribution is -2.60. The summed E-state index contributed by atoms with van der Waals surface area (Å²) in [6.45, 7) is 3.77. The minimum Gasteiger partial charge on any atom is -0.394 e. The zero-order valence-electron chi connectivity index (χ0n) is 46.7. The summed E-state index contributed by atoms with van der Waals surface area (Å²) in [7, 11) is 0. The topological polar surface area (TPSA) is 149 Å². The van der Waals surface area contributed by atoms with Gasteiger partial charge in [-0.2, -0.15) is 0 Å². The molecule has 1 amide bonds. The van der Waals surface area contributed by atoms with Crippen molar-refractivity contribution in [1.82, 2.24) is 5.32 Å². The van der Waals surface area contributed by atoms with Crippen molar-refractivity contribution in [2.75, 3.05) is 13.2 Å². The lowest BCUT2D eigenvalue weighted by atomic mass is 9.99. The third kappa shape index (κ3) is 41.2. The SMILES string of the molecule is CCCCCCC/C=C\C/C=C\CCCCCCCCCCCCCCCC(=O)NC(COC1OC(CO)C(O)C(O)C1O)C(O)/C=C/CC/C=C/CC/C=C/CCCCCCCCCCCCCCCC. The van der Waals surface area contributed by atoms with Crippen LogP contribution in [0.25, 0.3) is 0 Å². The number of allylic oxidation sites excluding steroid dienone is 9. The van der Waals surface area contributed by atoms with Crippen LogP contribution in [0.15, 0.2) is 60.8 Å². The van der Waals surface area contributed by atoms with Crippen LogP contribution in [-0.2, 0) is 14.3 Å². The molecule has 0 radical (unpaired) electrons. The smallest absolute Gasteiger partial charge is 0.220 e. The van der Waals surface area contributed by atoms with Crippen LogP contribution >= 0.6 is 0 Å². The second kappa shape index (κ2) is 52.3. The fraction of sp³-hybridized carbons (Fsp3) is 0.825. The number of rotatable bonds is 52. The summed E-state index contributed by atoms with van der Waals surface area (Å²) in [5.41, 5.74) is 0. The summed E-state index contributed by atoms with van der Waals surface area (Å²) in [4.78, 5) is 13.1. The molecule has 7 unspecified atom stereocenters. The Morgan fingerprint density at radius 2 is 0.833 bits per heavy atom. The van der Waals surface area contributed by atoms with Crippen LogP contribution in [0.1, 0.15) is 277 Å². The van der Waals surface area contributed by atoms with Gasteiger partial charge in [0.15, 0.2) is 6.29 Å². The van der Waals surface area contributed by atoms with Gasteiger partial charge < -0.3 is 40.3 Å². The monoisotopic (exact) mass is 1010 g/mol. The first kappa shape index (κ1) is 67.9. The molecular weight excluding hydrogens is 899 g/mol. The van der Waals surface area contributed by atoms with E-state index in [4.69, 9.17) is 9.47 Å². The Kier molecular flexibility index (Phi) is 49.4. The van der Waals surface area contributed by atoms with Crippen LogP contribution in [0.5, 0.6) is 0 Å². The van der Waals surface area contributed by atoms with E-state index in [2.05, 4.69) is 67.8 Å². The maximum Gasteiger partial charge on any atom is 0.220 e. The Labute approximate surface area is 443 Å². The predicted octanol–water partition coefficient (Wildman–Crippen LogP) is 15.5. The van der Waals surface area contributed by atoms with E-state index in [0.717, 1.165) is 51.4 Å². The molecule has 0 spiro atoms. The van der Waals surface area contributed by atoms with E-state index >= 15 is 0 Å². The van der Waals surface area contributed by atoms with Crippen LogP contribution in [0.4, 0.5) is 0 Å². The maximum absolute atomic E-state index is 13.1.